The third-order valence-electron chi connectivity index (χ3n) is 4.26. The second-order valence-corrected chi connectivity index (χ2v) is 7.24. The van der Waals surface area contributed by atoms with E-state index in [9.17, 15) is 4.39 Å². The number of aromatic nitrogens is 3. The van der Waals surface area contributed by atoms with Crippen molar-refractivity contribution < 1.29 is 9.13 Å². The highest BCUT2D eigenvalue weighted by atomic mass is 79.9. The first-order chi connectivity index (χ1) is 13.1. The molecule has 7 nitrogen and oxygen atoms in total. The third kappa shape index (κ3) is 5.26. The number of hydrogen-bond acceptors (Lipinski definition) is 4. The molecule has 0 radical (unpaired) electrons. The summed E-state index contributed by atoms with van der Waals surface area (Å²) in [5.41, 5.74) is 0.819. The number of hydrogen-bond donors (Lipinski definition) is 2. The second-order valence-electron chi connectivity index (χ2n) is 6.38. The molecule has 1 atom stereocenters. The maximum atomic E-state index is 13.7. The van der Waals surface area contributed by atoms with Gasteiger partial charge in [0.25, 0.3) is 0 Å². The molecule has 2 aromatic rings. The molecular formula is C18H24BrFN6O. The maximum Gasteiger partial charge on any atom is 0.191 e. The fourth-order valence-corrected chi connectivity index (χ4v) is 3.24. The van der Waals surface area contributed by atoms with Crippen LogP contribution in [-0.2, 0) is 30.9 Å². The molecule has 3 rings (SSSR count). The van der Waals surface area contributed by atoms with Gasteiger partial charge in [-0.15, -0.1) is 0 Å². The number of rotatable bonds is 6. The van der Waals surface area contributed by atoms with Crippen molar-refractivity contribution in [2.45, 2.75) is 45.5 Å². The van der Waals surface area contributed by atoms with E-state index in [1.165, 1.54) is 6.07 Å². The molecule has 1 unspecified atom stereocenters. The normalized spacial score (nSPS) is 16.9. The largest absolute Gasteiger partial charge is 0.377 e. The Morgan fingerprint density at radius 1 is 1.48 bits per heavy atom. The summed E-state index contributed by atoms with van der Waals surface area (Å²) in [6, 6.07) is 5.26. The number of ether oxygens (including phenoxy) is 1. The summed E-state index contributed by atoms with van der Waals surface area (Å²) >= 11 is 3.17. The van der Waals surface area contributed by atoms with Crippen molar-refractivity contribution >= 4 is 21.9 Å². The number of halogens is 2. The van der Waals surface area contributed by atoms with Gasteiger partial charge in [-0.25, -0.2) is 19.0 Å². The Labute approximate surface area is 166 Å². The summed E-state index contributed by atoms with van der Waals surface area (Å²) < 4.78 is 21.2. The molecule has 9 heteroatoms. The van der Waals surface area contributed by atoms with E-state index in [4.69, 9.17) is 4.74 Å². The van der Waals surface area contributed by atoms with Gasteiger partial charge in [-0.3, -0.25) is 0 Å². The van der Waals surface area contributed by atoms with Gasteiger partial charge in [0.2, 0.25) is 0 Å². The van der Waals surface area contributed by atoms with Crippen molar-refractivity contribution in [2.75, 3.05) is 13.7 Å². The molecule has 2 N–H and O–H groups in total. The lowest BCUT2D eigenvalue weighted by Crippen LogP contribution is -2.47. The highest BCUT2D eigenvalue weighted by Crippen LogP contribution is 2.17. The number of nitrogens with one attached hydrogen (secondary N) is 2. The van der Waals surface area contributed by atoms with Crippen molar-refractivity contribution in [1.82, 2.24) is 25.4 Å². The topological polar surface area (TPSA) is 76.4 Å². The fourth-order valence-electron chi connectivity index (χ4n) is 2.99. The highest BCUT2D eigenvalue weighted by Gasteiger charge is 2.22. The molecule has 0 amide bonds. The van der Waals surface area contributed by atoms with E-state index in [2.05, 4.69) is 41.6 Å². The van der Waals surface area contributed by atoms with E-state index in [-0.39, 0.29) is 11.9 Å². The molecule has 1 aliphatic rings. The van der Waals surface area contributed by atoms with E-state index in [1.807, 2.05) is 17.7 Å². The van der Waals surface area contributed by atoms with Crippen LogP contribution in [-0.4, -0.2) is 40.4 Å². The van der Waals surface area contributed by atoms with Gasteiger partial charge in [0.15, 0.2) is 11.8 Å². The van der Waals surface area contributed by atoms with Crippen LogP contribution in [0.1, 0.15) is 30.6 Å². The maximum absolute atomic E-state index is 13.7. The number of methoxy groups -OCH3 is 1. The minimum Gasteiger partial charge on any atom is -0.377 e. The zero-order valence-electron chi connectivity index (χ0n) is 15.5. The number of aliphatic imine (C=N–C) groups is 1. The van der Waals surface area contributed by atoms with Crippen LogP contribution in [0.4, 0.5) is 4.39 Å². The molecule has 27 heavy (non-hydrogen) atoms. The van der Waals surface area contributed by atoms with Gasteiger partial charge in [-0.05, 0) is 47.0 Å². The summed E-state index contributed by atoms with van der Waals surface area (Å²) in [5.74, 6) is 2.14. The predicted molar refractivity (Wildman–Crippen MR) is 105 cm³/mol. The third-order valence-corrected chi connectivity index (χ3v) is 4.91. The fraction of sp³-hybridized carbons (Fsp3) is 0.500. The van der Waals surface area contributed by atoms with Crippen LogP contribution in [0.25, 0.3) is 0 Å². The van der Waals surface area contributed by atoms with Crippen LogP contribution in [0.2, 0.25) is 0 Å². The van der Waals surface area contributed by atoms with Crippen molar-refractivity contribution in [3.8, 4) is 0 Å². The Morgan fingerprint density at radius 3 is 3.07 bits per heavy atom. The van der Waals surface area contributed by atoms with E-state index in [0.717, 1.165) is 37.3 Å². The zero-order chi connectivity index (χ0) is 19.2. The first-order valence-electron chi connectivity index (χ1n) is 8.99. The van der Waals surface area contributed by atoms with E-state index >= 15 is 0 Å². The minimum atomic E-state index is -0.279. The van der Waals surface area contributed by atoms with Crippen LogP contribution < -0.4 is 10.6 Å². The molecule has 1 aromatic heterocycles. The SMILES string of the molecule is CCNC(=NCc1ccc(Br)c(F)c1)NC1CCc2nc(COC)nn2C1. The van der Waals surface area contributed by atoms with Crippen LogP contribution in [0.15, 0.2) is 27.7 Å². The van der Waals surface area contributed by atoms with Crippen LogP contribution in [0.3, 0.4) is 0 Å². The van der Waals surface area contributed by atoms with Gasteiger partial charge in [0.05, 0.1) is 17.6 Å². The van der Waals surface area contributed by atoms with Crippen molar-refractivity contribution in [2.24, 2.45) is 4.99 Å². The lowest BCUT2D eigenvalue weighted by atomic mass is 10.1. The summed E-state index contributed by atoms with van der Waals surface area (Å²) in [6.07, 6.45) is 1.80. The van der Waals surface area contributed by atoms with Gasteiger partial charge in [0, 0.05) is 26.1 Å². The van der Waals surface area contributed by atoms with Crippen molar-refractivity contribution in [1.29, 1.82) is 0 Å². The Kier molecular flexibility index (Phi) is 6.78. The monoisotopic (exact) mass is 438 g/mol. The van der Waals surface area contributed by atoms with Crippen molar-refractivity contribution in [3.63, 3.8) is 0 Å². The average Bonchev–Trinajstić information content (AvgIpc) is 3.04. The molecule has 2 heterocycles. The van der Waals surface area contributed by atoms with Gasteiger partial charge < -0.3 is 15.4 Å². The van der Waals surface area contributed by atoms with E-state index < -0.39 is 0 Å². The molecule has 0 aliphatic carbocycles. The van der Waals surface area contributed by atoms with E-state index in [1.54, 1.807) is 13.2 Å². The number of nitrogens with zero attached hydrogens (tertiary/aromatic N) is 4. The smallest absolute Gasteiger partial charge is 0.191 e. The Bertz CT molecular complexity index is 809. The van der Waals surface area contributed by atoms with Gasteiger partial charge in [-0.2, -0.15) is 5.10 Å². The molecule has 0 spiro atoms. The molecule has 1 aliphatic heterocycles. The number of benzene rings is 1. The molecule has 0 saturated heterocycles. The lowest BCUT2D eigenvalue weighted by Gasteiger charge is -2.25. The number of aryl methyl sites for hydroxylation is 1. The summed E-state index contributed by atoms with van der Waals surface area (Å²) in [6.45, 7) is 4.32. The van der Waals surface area contributed by atoms with Gasteiger partial charge in [-0.1, -0.05) is 6.07 Å². The Morgan fingerprint density at radius 2 is 2.33 bits per heavy atom. The average molecular weight is 439 g/mol. The molecule has 0 fully saturated rings. The zero-order valence-corrected chi connectivity index (χ0v) is 17.1. The highest BCUT2D eigenvalue weighted by molar-refractivity contribution is 9.10. The van der Waals surface area contributed by atoms with Crippen LogP contribution >= 0.6 is 15.9 Å². The minimum absolute atomic E-state index is 0.203. The molecule has 0 bridgehead atoms. The summed E-state index contributed by atoms with van der Waals surface area (Å²) in [4.78, 5) is 9.08. The molecule has 1 aromatic carbocycles. The molecular weight excluding hydrogens is 415 g/mol. The first kappa shape index (κ1) is 19.8. The van der Waals surface area contributed by atoms with Crippen LogP contribution in [0, 0.1) is 5.82 Å². The van der Waals surface area contributed by atoms with Crippen LogP contribution in [0.5, 0.6) is 0 Å². The van der Waals surface area contributed by atoms with Gasteiger partial charge in [0.1, 0.15) is 18.2 Å². The number of fused-ring (bicyclic) bond motifs is 1. The lowest BCUT2D eigenvalue weighted by molar-refractivity contribution is 0.177. The van der Waals surface area contributed by atoms with E-state index in [0.29, 0.717) is 29.4 Å². The summed E-state index contributed by atoms with van der Waals surface area (Å²) in [5, 5.41) is 11.2. The predicted octanol–water partition coefficient (Wildman–Crippen LogP) is 2.40. The molecule has 0 saturated carbocycles. The molecule has 146 valence electrons. The quantitative estimate of drug-likeness (QED) is 0.534. The number of guanidine groups is 1. The summed E-state index contributed by atoms with van der Waals surface area (Å²) in [7, 11) is 1.64. The van der Waals surface area contributed by atoms with Crippen molar-refractivity contribution in [3.05, 3.63) is 45.7 Å². The van der Waals surface area contributed by atoms with Gasteiger partial charge >= 0.3 is 0 Å². The Hall–Kier alpha value is -2.00. The second kappa shape index (κ2) is 9.27. The standard InChI is InChI=1S/C18H24BrFN6O/c1-3-21-18(22-9-12-4-6-14(19)15(20)8-12)23-13-5-7-17-24-16(11-27-2)25-26(17)10-13/h4,6,8,13H,3,5,7,9-11H2,1-2H3,(H2,21,22,23). The first-order valence-corrected chi connectivity index (χ1v) is 9.78. The Balaban J connectivity index is 1.64.